The third kappa shape index (κ3) is 5.76. The van der Waals surface area contributed by atoms with Crippen LogP contribution in [0.5, 0.6) is 0 Å². The lowest BCUT2D eigenvalue weighted by molar-refractivity contribution is 0.0523. The maximum Gasteiger partial charge on any atom is 0.345 e. The number of fused-ring (bicyclic) bond motifs is 1. The molecule has 8 nitrogen and oxygen atoms in total. The van der Waals surface area contributed by atoms with Crippen LogP contribution in [0.2, 0.25) is 10.0 Å². The highest BCUT2D eigenvalue weighted by Crippen LogP contribution is 2.32. The Kier molecular flexibility index (Phi) is 8.42. The summed E-state index contributed by atoms with van der Waals surface area (Å²) in [5, 5.41) is 1.77. The Bertz CT molecular complexity index is 1360. The number of esters is 1. The lowest BCUT2D eigenvalue weighted by atomic mass is 10.1. The van der Waals surface area contributed by atoms with E-state index in [-0.39, 0.29) is 18.1 Å². The second-order valence-electron chi connectivity index (χ2n) is 9.15. The largest absolute Gasteiger partial charge is 0.462 e. The van der Waals surface area contributed by atoms with Crippen LogP contribution < -0.4 is 10.5 Å². The van der Waals surface area contributed by atoms with Crippen LogP contribution in [0.15, 0.2) is 47.3 Å². The number of pyridine rings is 1. The van der Waals surface area contributed by atoms with Gasteiger partial charge in [0, 0.05) is 60.3 Å². The van der Waals surface area contributed by atoms with E-state index in [2.05, 4.69) is 0 Å². The van der Waals surface area contributed by atoms with Crippen LogP contribution in [-0.4, -0.2) is 79.7 Å². The standard InChI is InChI=1S/C27H30Cl2N4O4/c1-4-37-27(36)23-24(21-17-20(29)9-10-22(21)33(26(23)35)16-11-30(2)3)31-12-14-32(15-13-31)25(34)18-5-7-19(28)8-6-18/h5-10,17H,4,11-16H2,1-3H3. The maximum absolute atomic E-state index is 13.8. The van der Waals surface area contributed by atoms with E-state index in [0.717, 1.165) is 0 Å². The number of amides is 1. The quantitative estimate of drug-likeness (QED) is 0.418. The van der Waals surface area contributed by atoms with E-state index in [9.17, 15) is 14.4 Å². The number of halogens is 2. The first-order valence-electron chi connectivity index (χ1n) is 12.2. The van der Waals surface area contributed by atoms with Crippen LogP contribution >= 0.6 is 23.2 Å². The Morgan fingerprint density at radius 1 is 0.973 bits per heavy atom. The molecule has 0 atom stereocenters. The van der Waals surface area contributed by atoms with Gasteiger partial charge >= 0.3 is 5.97 Å². The lowest BCUT2D eigenvalue weighted by Gasteiger charge is -2.37. The van der Waals surface area contributed by atoms with Crippen LogP contribution in [0, 0.1) is 0 Å². The fourth-order valence-corrected chi connectivity index (χ4v) is 4.86. The van der Waals surface area contributed by atoms with Crippen LogP contribution in [-0.2, 0) is 11.3 Å². The smallest absolute Gasteiger partial charge is 0.345 e. The predicted octanol–water partition coefficient (Wildman–Crippen LogP) is 4.01. The van der Waals surface area contributed by atoms with Gasteiger partial charge in [-0.05, 0) is 63.5 Å². The van der Waals surface area contributed by atoms with Crippen molar-refractivity contribution in [1.29, 1.82) is 0 Å². The van der Waals surface area contributed by atoms with Gasteiger partial charge < -0.3 is 24.0 Å². The second kappa shape index (κ2) is 11.5. The molecule has 4 rings (SSSR count). The minimum atomic E-state index is -0.664. The number of nitrogens with zero attached hydrogens (tertiary/aromatic N) is 4. The van der Waals surface area contributed by atoms with Crippen molar-refractivity contribution < 1.29 is 14.3 Å². The molecule has 196 valence electrons. The Balaban J connectivity index is 1.75. The molecule has 0 unspecified atom stereocenters. The average molecular weight is 545 g/mol. The van der Waals surface area contributed by atoms with E-state index in [4.69, 9.17) is 27.9 Å². The first-order valence-corrected chi connectivity index (χ1v) is 12.9. The molecule has 1 amide bonds. The van der Waals surface area contributed by atoms with Gasteiger partial charge in [-0.3, -0.25) is 9.59 Å². The number of hydrogen-bond acceptors (Lipinski definition) is 6. The maximum atomic E-state index is 13.8. The highest BCUT2D eigenvalue weighted by Gasteiger charge is 2.30. The summed E-state index contributed by atoms with van der Waals surface area (Å²) in [4.78, 5) is 45.6. The normalized spacial score (nSPS) is 13.9. The third-order valence-corrected chi connectivity index (χ3v) is 6.91. The van der Waals surface area contributed by atoms with Gasteiger partial charge in [0.1, 0.15) is 5.56 Å². The summed E-state index contributed by atoms with van der Waals surface area (Å²) in [6.45, 7) is 4.60. The fourth-order valence-electron chi connectivity index (χ4n) is 4.56. The number of ether oxygens (including phenoxy) is 1. The van der Waals surface area contributed by atoms with Gasteiger partial charge in [-0.25, -0.2) is 4.79 Å². The number of aromatic nitrogens is 1. The number of anilines is 1. The molecule has 3 aromatic rings. The van der Waals surface area contributed by atoms with Crippen LogP contribution in [0.25, 0.3) is 10.9 Å². The van der Waals surface area contributed by atoms with Crippen LogP contribution in [0.4, 0.5) is 5.69 Å². The van der Waals surface area contributed by atoms with Gasteiger partial charge in [0.2, 0.25) is 0 Å². The summed E-state index contributed by atoms with van der Waals surface area (Å²) in [6.07, 6.45) is 0. The molecule has 2 heterocycles. The van der Waals surface area contributed by atoms with Crippen molar-refractivity contribution in [2.24, 2.45) is 0 Å². The molecule has 37 heavy (non-hydrogen) atoms. The summed E-state index contributed by atoms with van der Waals surface area (Å²) < 4.78 is 6.94. The van der Waals surface area contributed by atoms with Crippen molar-refractivity contribution in [3.63, 3.8) is 0 Å². The number of benzene rings is 2. The Labute approximate surface area is 225 Å². The summed E-state index contributed by atoms with van der Waals surface area (Å²) >= 11 is 12.4. The lowest BCUT2D eigenvalue weighted by Crippen LogP contribution is -2.49. The third-order valence-electron chi connectivity index (χ3n) is 6.42. The zero-order chi connectivity index (χ0) is 26.7. The van der Waals surface area contributed by atoms with E-state index >= 15 is 0 Å². The van der Waals surface area contributed by atoms with E-state index in [0.29, 0.717) is 71.5 Å². The second-order valence-corrected chi connectivity index (χ2v) is 10.0. The molecule has 0 bridgehead atoms. The Morgan fingerprint density at radius 3 is 2.24 bits per heavy atom. The summed E-state index contributed by atoms with van der Waals surface area (Å²) in [7, 11) is 3.85. The Morgan fingerprint density at radius 2 is 1.62 bits per heavy atom. The zero-order valence-electron chi connectivity index (χ0n) is 21.2. The number of hydrogen-bond donors (Lipinski definition) is 0. The fraction of sp³-hybridized carbons (Fsp3) is 0.370. The summed E-state index contributed by atoms with van der Waals surface area (Å²) in [5.41, 5.74) is 1.35. The highest BCUT2D eigenvalue weighted by molar-refractivity contribution is 6.31. The SMILES string of the molecule is CCOC(=O)c1c(N2CCN(C(=O)c3ccc(Cl)cc3)CC2)c2cc(Cl)ccc2n(CCN(C)C)c1=O. The molecule has 10 heteroatoms. The molecule has 0 radical (unpaired) electrons. The molecule has 0 aliphatic carbocycles. The number of carbonyl (C=O) groups excluding carboxylic acids is 2. The molecule has 0 N–H and O–H groups in total. The average Bonchev–Trinajstić information content (AvgIpc) is 2.88. The Hall–Kier alpha value is -3.07. The molecule has 1 aromatic heterocycles. The number of rotatable bonds is 7. The molecular weight excluding hydrogens is 515 g/mol. The summed E-state index contributed by atoms with van der Waals surface area (Å²) in [6, 6.07) is 12.1. The van der Waals surface area contributed by atoms with Crippen LogP contribution in [0.3, 0.4) is 0 Å². The van der Waals surface area contributed by atoms with E-state index in [1.165, 1.54) is 0 Å². The molecular formula is C27H30Cl2N4O4. The topological polar surface area (TPSA) is 75.1 Å². The molecule has 0 spiro atoms. The zero-order valence-corrected chi connectivity index (χ0v) is 22.7. The van der Waals surface area contributed by atoms with E-state index in [1.54, 1.807) is 52.8 Å². The van der Waals surface area contributed by atoms with Crippen molar-refractivity contribution in [2.45, 2.75) is 13.5 Å². The van der Waals surface area contributed by atoms with Crippen molar-refractivity contribution in [2.75, 3.05) is 58.3 Å². The van der Waals surface area contributed by atoms with Gasteiger partial charge in [0.25, 0.3) is 11.5 Å². The monoisotopic (exact) mass is 544 g/mol. The van der Waals surface area contributed by atoms with Gasteiger partial charge in [-0.1, -0.05) is 23.2 Å². The van der Waals surface area contributed by atoms with Gasteiger partial charge in [-0.15, -0.1) is 0 Å². The van der Waals surface area contributed by atoms with Gasteiger partial charge in [0.05, 0.1) is 17.8 Å². The number of carbonyl (C=O) groups is 2. The van der Waals surface area contributed by atoms with E-state index < -0.39 is 11.5 Å². The number of piperazine rings is 1. The van der Waals surface area contributed by atoms with Crippen molar-refractivity contribution >= 4 is 51.7 Å². The highest BCUT2D eigenvalue weighted by atomic mass is 35.5. The molecule has 0 saturated carbocycles. The molecule has 1 aliphatic rings. The van der Waals surface area contributed by atoms with Gasteiger partial charge in [0.15, 0.2) is 0 Å². The first-order chi connectivity index (χ1) is 17.7. The minimum absolute atomic E-state index is 0.00662. The summed E-state index contributed by atoms with van der Waals surface area (Å²) in [5.74, 6) is -0.753. The van der Waals surface area contributed by atoms with Crippen molar-refractivity contribution in [3.05, 3.63) is 74.0 Å². The first kappa shape index (κ1) is 27.0. The molecule has 1 saturated heterocycles. The van der Waals surface area contributed by atoms with Crippen molar-refractivity contribution in [3.8, 4) is 0 Å². The van der Waals surface area contributed by atoms with Gasteiger partial charge in [-0.2, -0.15) is 0 Å². The van der Waals surface area contributed by atoms with Crippen molar-refractivity contribution in [1.82, 2.24) is 14.4 Å². The minimum Gasteiger partial charge on any atom is -0.462 e. The predicted molar refractivity (Wildman–Crippen MR) is 147 cm³/mol. The van der Waals surface area contributed by atoms with E-state index in [1.807, 2.05) is 30.0 Å². The molecule has 2 aromatic carbocycles. The number of likely N-dealkylation sites (N-methyl/N-ethyl adjacent to an activating group) is 1. The van der Waals surface area contributed by atoms with Crippen LogP contribution in [0.1, 0.15) is 27.6 Å². The molecule has 1 aliphatic heterocycles. The molecule has 1 fully saturated rings.